The van der Waals surface area contributed by atoms with E-state index in [1.807, 2.05) is 0 Å². The number of ether oxygens (including phenoxy) is 2. The minimum Gasteiger partial charge on any atom is -0.349 e. The summed E-state index contributed by atoms with van der Waals surface area (Å²) in [6.45, 7) is 4.10. The maximum absolute atomic E-state index is 6.26. The van der Waals surface area contributed by atoms with Crippen LogP contribution in [0.25, 0.3) is 0 Å². The molecule has 0 N–H and O–H groups in total. The Morgan fingerprint density at radius 1 is 1.00 bits per heavy atom. The largest absolute Gasteiger partial charge is 0.349 e. The smallest absolute Gasteiger partial charge is 0.171 e. The molecule has 2 atom stereocenters. The summed E-state index contributed by atoms with van der Waals surface area (Å²) in [6, 6.07) is 0. The van der Waals surface area contributed by atoms with Crippen molar-refractivity contribution in [3.05, 3.63) is 0 Å². The Bertz CT molecular complexity index is 254. The van der Waals surface area contributed by atoms with Crippen LogP contribution in [0.4, 0.5) is 0 Å². The molecule has 0 amide bonds. The molecule has 2 nitrogen and oxygen atoms in total. The van der Waals surface area contributed by atoms with E-state index in [-0.39, 0.29) is 5.79 Å². The monoisotopic (exact) mass is 238 g/mol. The van der Waals surface area contributed by atoms with Gasteiger partial charge in [-0.15, -0.1) is 0 Å². The third-order valence-corrected chi connectivity index (χ3v) is 5.28. The minimum absolute atomic E-state index is 0.172. The predicted octanol–water partition coefficient (Wildman–Crippen LogP) is 3.75. The summed E-state index contributed by atoms with van der Waals surface area (Å²) in [7, 11) is 0. The molecule has 2 aliphatic carbocycles. The van der Waals surface area contributed by atoms with E-state index in [2.05, 4.69) is 6.92 Å². The van der Waals surface area contributed by atoms with Crippen molar-refractivity contribution in [2.75, 3.05) is 13.2 Å². The van der Waals surface area contributed by atoms with Gasteiger partial charge in [0, 0.05) is 18.3 Å². The lowest BCUT2D eigenvalue weighted by Crippen LogP contribution is -2.54. The van der Waals surface area contributed by atoms with Gasteiger partial charge in [-0.25, -0.2) is 0 Å². The van der Waals surface area contributed by atoms with E-state index in [9.17, 15) is 0 Å². The fourth-order valence-electron chi connectivity index (χ4n) is 4.13. The van der Waals surface area contributed by atoms with E-state index in [0.29, 0.717) is 11.8 Å². The predicted molar refractivity (Wildman–Crippen MR) is 67.7 cm³/mol. The molecule has 2 unspecified atom stereocenters. The van der Waals surface area contributed by atoms with Gasteiger partial charge in [0.05, 0.1) is 13.2 Å². The highest BCUT2D eigenvalue weighted by molar-refractivity contribution is 4.93. The molecule has 0 aromatic rings. The van der Waals surface area contributed by atoms with Crippen LogP contribution >= 0.6 is 0 Å². The van der Waals surface area contributed by atoms with Gasteiger partial charge < -0.3 is 9.47 Å². The first-order chi connectivity index (χ1) is 8.34. The first-order valence-electron chi connectivity index (χ1n) is 7.62. The zero-order valence-corrected chi connectivity index (χ0v) is 11.1. The van der Waals surface area contributed by atoms with Crippen LogP contribution in [0.5, 0.6) is 0 Å². The van der Waals surface area contributed by atoms with Crippen molar-refractivity contribution in [1.82, 2.24) is 0 Å². The normalized spacial score (nSPS) is 46.8. The highest BCUT2D eigenvalue weighted by Crippen LogP contribution is 2.49. The molecule has 1 saturated heterocycles. The lowest BCUT2D eigenvalue weighted by Gasteiger charge is -2.52. The summed E-state index contributed by atoms with van der Waals surface area (Å²) in [6.07, 6.45) is 10.6. The standard InChI is InChI=1S/C15H26O2/c1-2-12-10-16-15(17-11-12)9-5-7-13-6-3-4-8-14(13)15/h12-14H,2-11H2,1H3. The van der Waals surface area contributed by atoms with Crippen LogP contribution in [0.1, 0.15) is 58.3 Å². The van der Waals surface area contributed by atoms with Gasteiger partial charge in [0.1, 0.15) is 0 Å². The van der Waals surface area contributed by atoms with Crippen molar-refractivity contribution in [1.29, 1.82) is 0 Å². The fraction of sp³-hybridized carbons (Fsp3) is 1.00. The van der Waals surface area contributed by atoms with Crippen LogP contribution in [0.15, 0.2) is 0 Å². The van der Waals surface area contributed by atoms with E-state index in [1.165, 1.54) is 44.9 Å². The second-order valence-electron chi connectivity index (χ2n) is 6.25. The van der Waals surface area contributed by atoms with Crippen molar-refractivity contribution in [2.45, 2.75) is 64.1 Å². The van der Waals surface area contributed by atoms with Gasteiger partial charge in [-0.2, -0.15) is 0 Å². The molecule has 98 valence electrons. The molecule has 1 spiro atoms. The van der Waals surface area contributed by atoms with E-state index in [4.69, 9.17) is 9.47 Å². The van der Waals surface area contributed by atoms with Crippen LogP contribution < -0.4 is 0 Å². The lowest BCUT2D eigenvalue weighted by molar-refractivity contribution is -0.330. The molecule has 0 radical (unpaired) electrons. The van der Waals surface area contributed by atoms with Crippen LogP contribution in [0.3, 0.4) is 0 Å². The SMILES string of the molecule is CCC1COC2(CCCC3CCCCC32)OC1. The number of hydrogen-bond acceptors (Lipinski definition) is 2. The van der Waals surface area contributed by atoms with Gasteiger partial charge in [-0.3, -0.25) is 0 Å². The molecule has 1 heterocycles. The van der Waals surface area contributed by atoms with Gasteiger partial charge in [-0.1, -0.05) is 19.8 Å². The van der Waals surface area contributed by atoms with E-state index < -0.39 is 0 Å². The zero-order chi connectivity index (χ0) is 11.7. The number of rotatable bonds is 1. The van der Waals surface area contributed by atoms with E-state index >= 15 is 0 Å². The van der Waals surface area contributed by atoms with Gasteiger partial charge in [0.25, 0.3) is 0 Å². The molecule has 1 aliphatic heterocycles. The maximum atomic E-state index is 6.26. The van der Waals surface area contributed by atoms with Crippen molar-refractivity contribution in [3.63, 3.8) is 0 Å². The van der Waals surface area contributed by atoms with Crippen molar-refractivity contribution >= 4 is 0 Å². The van der Waals surface area contributed by atoms with Gasteiger partial charge in [-0.05, 0) is 38.0 Å². The Morgan fingerprint density at radius 2 is 1.71 bits per heavy atom. The highest BCUT2D eigenvalue weighted by atomic mass is 16.7. The van der Waals surface area contributed by atoms with Gasteiger partial charge in [0.2, 0.25) is 0 Å². The second-order valence-corrected chi connectivity index (χ2v) is 6.25. The van der Waals surface area contributed by atoms with Crippen molar-refractivity contribution < 1.29 is 9.47 Å². The molecule has 3 aliphatic rings. The zero-order valence-electron chi connectivity index (χ0n) is 11.1. The quantitative estimate of drug-likeness (QED) is 0.692. The molecule has 0 aromatic heterocycles. The second kappa shape index (κ2) is 4.89. The summed E-state index contributed by atoms with van der Waals surface area (Å²) in [5, 5.41) is 0. The van der Waals surface area contributed by atoms with Crippen LogP contribution in [-0.2, 0) is 9.47 Å². The van der Waals surface area contributed by atoms with Gasteiger partial charge in [0.15, 0.2) is 5.79 Å². The molecular weight excluding hydrogens is 212 g/mol. The maximum Gasteiger partial charge on any atom is 0.171 e. The van der Waals surface area contributed by atoms with Crippen LogP contribution in [0.2, 0.25) is 0 Å². The molecule has 3 rings (SSSR count). The Labute approximate surface area is 105 Å². The van der Waals surface area contributed by atoms with Crippen molar-refractivity contribution in [3.8, 4) is 0 Å². The third kappa shape index (κ3) is 2.15. The van der Waals surface area contributed by atoms with Crippen LogP contribution in [-0.4, -0.2) is 19.0 Å². The summed E-state index contributed by atoms with van der Waals surface area (Å²) in [5.74, 6) is 2.04. The molecule has 0 bridgehead atoms. The molecule has 3 fully saturated rings. The summed E-state index contributed by atoms with van der Waals surface area (Å²) < 4.78 is 12.5. The number of hydrogen-bond donors (Lipinski definition) is 0. The van der Waals surface area contributed by atoms with Crippen LogP contribution in [0, 0.1) is 17.8 Å². The van der Waals surface area contributed by atoms with Gasteiger partial charge >= 0.3 is 0 Å². The molecular formula is C15H26O2. The molecule has 2 saturated carbocycles. The topological polar surface area (TPSA) is 18.5 Å². The lowest BCUT2D eigenvalue weighted by atomic mass is 9.67. The molecule has 17 heavy (non-hydrogen) atoms. The van der Waals surface area contributed by atoms with E-state index in [1.54, 1.807) is 0 Å². The highest BCUT2D eigenvalue weighted by Gasteiger charge is 2.50. The average molecular weight is 238 g/mol. The minimum atomic E-state index is -0.172. The molecule has 2 heteroatoms. The van der Waals surface area contributed by atoms with Crippen molar-refractivity contribution in [2.24, 2.45) is 17.8 Å². The first kappa shape index (κ1) is 12.0. The fourth-order valence-corrected chi connectivity index (χ4v) is 4.13. The Balaban J connectivity index is 1.72. The first-order valence-corrected chi connectivity index (χ1v) is 7.62. The Hall–Kier alpha value is -0.0800. The summed E-state index contributed by atoms with van der Waals surface area (Å²) >= 11 is 0. The third-order valence-electron chi connectivity index (χ3n) is 5.28. The number of fused-ring (bicyclic) bond motifs is 2. The molecule has 0 aromatic carbocycles. The Morgan fingerprint density at radius 3 is 2.47 bits per heavy atom. The average Bonchev–Trinajstić information content (AvgIpc) is 2.40. The Kier molecular flexibility index (Phi) is 3.45. The summed E-state index contributed by atoms with van der Waals surface area (Å²) in [5.41, 5.74) is 0. The van der Waals surface area contributed by atoms with E-state index in [0.717, 1.165) is 25.6 Å². The summed E-state index contributed by atoms with van der Waals surface area (Å²) in [4.78, 5) is 0.